The zero-order valence-corrected chi connectivity index (χ0v) is 9.92. The molecule has 1 amide bonds. The fourth-order valence-corrected chi connectivity index (χ4v) is 1.41. The first-order valence-corrected chi connectivity index (χ1v) is 5.42. The molecule has 1 aromatic rings. The van der Waals surface area contributed by atoms with E-state index in [4.69, 9.17) is 11.6 Å². The minimum Gasteiger partial charge on any atom is -0.374 e. The van der Waals surface area contributed by atoms with Crippen molar-refractivity contribution in [2.75, 3.05) is 11.9 Å². The normalized spacial score (nSPS) is 11.6. The first-order valence-electron chi connectivity index (χ1n) is 5.04. The average Bonchev–Trinajstić information content (AvgIpc) is 2.25. The van der Waals surface area contributed by atoms with E-state index in [0.29, 0.717) is 11.6 Å². The maximum absolute atomic E-state index is 11.5. The molecule has 0 heterocycles. The summed E-state index contributed by atoms with van der Waals surface area (Å²) in [4.78, 5) is 11.5. The summed E-state index contributed by atoms with van der Waals surface area (Å²) in [6.07, 6.45) is 1.64. The lowest BCUT2D eigenvalue weighted by atomic mass is 10.2. The Bertz CT molecular complexity index is 379. The Balaban J connectivity index is 2.53. The Kier molecular flexibility index (Phi) is 4.86. The topological polar surface area (TPSA) is 41.1 Å². The summed E-state index contributed by atoms with van der Waals surface area (Å²) in [7, 11) is 0. The third kappa shape index (κ3) is 3.95. The van der Waals surface area contributed by atoms with E-state index in [1.54, 1.807) is 25.1 Å². The van der Waals surface area contributed by atoms with Gasteiger partial charge in [0.1, 0.15) is 6.04 Å². The third-order valence-electron chi connectivity index (χ3n) is 2.02. The molecule has 0 aliphatic heterocycles. The number of carbonyl (C=O) groups is 1. The van der Waals surface area contributed by atoms with Crippen LogP contribution in [0.3, 0.4) is 0 Å². The Morgan fingerprint density at radius 2 is 2.38 bits per heavy atom. The summed E-state index contributed by atoms with van der Waals surface area (Å²) in [6, 6.07) is 6.95. The molecule has 1 rings (SSSR count). The van der Waals surface area contributed by atoms with Crippen LogP contribution in [0, 0.1) is 0 Å². The highest BCUT2D eigenvalue weighted by molar-refractivity contribution is 6.30. The number of hydrogen-bond acceptors (Lipinski definition) is 2. The molecule has 0 fully saturated rings. The van der Waals surface area contributed by atoms with Crippen LogP contribution < -0.4 is 10.6 Å². The average molecular weight is 239 g/mol. The van der Waals surface area contributed by atoms with Crippen LogP contribution in [-0.4, -0.2) is 18.5 Å². The molecule has 0 bridgehead atoms. The quantitative estimate of drug-likeness (QED) is 0.774. The van der Waals surface area contributed by atoms with Crippen molar-refractivity contribution in [3.05, 3.63) is 41.9 Å². The maximum atomic E-state index is 11.5. The lowest BCUT2D eigenvalue weighted by Crippen LogP contribution is -2.37. The lowest BCUT2D eigenvalue weighted by molar-refractivity contribution is -0.121. The molecule has 2 N–H and O–H groups in total. The van der Waals surface area contributed by atoms with Gasteiger partial charge < -0.3 is 10.6 Å². The van der Waals surface area contributed by atoms with Gasteiger partial charge in [0.15, 0.2) is 0 Å². The van der Waals surface area contributed by atoms with Crippen LogP contribution in [0.15, 0.2) is 36.9 Å². The van der Waals surface area contributed by atoms with E-state index in [0.717, 1.165) is 5.69 Å². The number of amides is 1. The predicted octanol–water partition coefficient (Wildman–Crippen LogP) is 2.44. The molecule has 86 valence electrons. The molecular formula is C12H15ClN2O. The molecule has 4 heteroatoms. The van der Waals surface area contributed by atoms with Gasteiger partial charge in [0.2, 0.25) is 5.91 Å². The van der Waals surface area contributed by atoms with Gasteiger partial charge in [-0.3, -0.25) is 4.79 Å². The number of anilines is 1. The van der Waals surface area contributed by atoms with Gasteiger partial charge in [-0.25, -0.2) is 0 Å². The van der Waals surface area contributed by atoms with Crippen molar-refractivity contribution in [1.82, 2.24) is 5.32 Å². The van der Waals surface area contributed by atoms with E-state index < -0.39 is 0 Å². The molecule has 0 saturated heterocycles. The van der Waals surface area contributed by atoms with Crippen molar-refractivity contribution in [1.29, 1.82) is 0 Å². The Morgan fingerprint density at radius 1 is 1.62 bits per heavy atom. The predicted molar refractivity (Wildman–Crippen MR) is 67.7 cm³/mol. The molecule has 0 aliphatic carbocycles. The second-order valence-electron chi connectivity index (χ2n) is 3.41. The third-order valence-corrected chi connectivity index (χ3v) is 2.26. The molecule has 0 spiro atoms. The summed E-state index contributed by atoms with van der Waals surface area (Å²) in [5.41, 5.74) is 0.828. The van der Waals surface area contributed by atoms with Crippen molar-refractivity contribution in [2.24, 2.45) is 0 Å². The van der Waals surface area contributed by atoms with Crippen molar-refractivity contribution in [2.45, 2.75) is 13.0 Å². The van der Waals surface area contributed by atoms with E-state index >= 15 is 0 Å². The summed E-state index contributed by atoms with van der Waals surface area (Å²) in [5, 5.41) is 6.42. The Morgan fingerprint density at radius 3 is 3.00 bits per heavy atom. The van der Waals surface area contributed by atoms with E-state index in [-0.39, 0.29) is 11.9 Å². The van der Waals surface area contributed by atoms with Gasteiger partial charge in [-0.1, -0.05) is 23.7 Å². The van der Waals surface area contributed by atoms with Gasteiger partial charge in [0.05, 0.1) is 0 Å². The number of nitrogens with one attached hydrogen (secondary N) is 2. The minimum atomic E-state index is -0.307. The second-order valence-corrected chi connectivity index (χ2v) is 3.85. The summed E-state index contributed by atoms with van der Waals surface area (Å²) in [5.74, 6) is -0.0696. The van der Waals surface area contributed by atoms with E-state index in [2.05, 4.69) is 17.2 Å². The maximum Gasteiger partial charge on any atom is 0.242 e. The monoisotopic (exact) mass is 238 g/mol. The van der Waals surface area contributed by atoms with Gasteiger partial charge in [-0.05, 0) is 25.1 Å². The number of rotatable bonds is 5. The van der Waals surface area contributed by atoms with Crippen LogP contribution in [0.2, 0.25) is 5.02 Å². The van der Waals surface area contributed by atoms with Gasteiger partial charge in [0, 0.05) is 17.3 Å². The summed E-state index contributed by atoms with van der Waals surface area (Å²) >= 11 is 5.84. The van der Waals surface area contributed by atoms with Crippen molar-refractivity contribution >= 4 is 23.2 Å². The summed E-state index contributed by atoms with van der Waals surface area (Å²) < 4.78 is 0. The van der Waals surface area contributed by atoms with Gasteiger partial charge >= 0.3 is 0 Å². The number of hydrogen-bond donors (Lipinski definition) is 2. The van der Waals surface area contributed by atoms with Crippen LogP contribution in [-0.2, 0) is 4.79 Å². The fraction of sp³-hybridized carbons (Fsp3) is 0.250. The van der Waals surface area contributed by atoms with Gasteiger partial charge in [-0.15, -0.1) is 6.58 Å². The van der Waals surface area contributed by atoms with Crippen LogP contribution in [0.1, 0.15) is 6.92 Å². The molecule has 0 radical (unpaired) electrons. The van der Waals surface area contributed by atoms with Gasteiger partial charge in [0.25, 0.3) is 0 Å². The van der Waals surface area contributed by atoms with Crippen molar-refractivity contribution < 1.29 is 4.79 Å². The fourth-order valence-electron chi connectivity index (χ4n) is 1.22. The van der Waals surface area contributed by atoms with E-state index in [1.807, 2.05) is 12.1 Å². The lowest BCUT2D eigenvalue weighted by Gasteiger charge is -2.14. The Hall–Kier alpha value is -1.48. The zero-order chi connectivity index (χ0) is 12.0. The van der Waals surface area contributed by atoms with Crippen molar-refractivity contribution in [3.8, 4) is 0 Å². The molecule has 0 saturated carbocycles. The first-order chi connectivity index (χ1) is 7.63. The van der Waals surface area contributed by atoms with Crippen LogP contribution >= 0.6 is 11.6 Å². The van der Waals surface area contributed by atoms with E-state index in [9.17, 15) is 4.79 Å². The number of halogens is 1. The highest BCUT2D eigenvalue weighted by Gasteiger charge is 2.10. The van der Waals surface area contributed by atoms with Crippen LogP contribution in [0.4, 0.5) is 5.69 Å². The molecule has 1 atom stereocenters. The second kappa shape index (κ2) is 6.18. The standard InChI is InChI=1S/C12H15ClN2O/c1-3-7-14-12(16)9(2)15-11-6-4-5-10(13)8-11/h3-6,8-9,15H,1,7H2,2H3,(H,14,16). The molecule has 16 heavy (non-hydrogen) atoms. The molecule has 1 unspecified atom stereocenters. The molecule has 3 nitrogen and oxygen atoms in total. The smallest absolute Gasteiger partial charge is 0.242 e. The number of benzene rings is 1. The SMILES string of the molecule is C=CCNC(=O)C(C)Nc1cccc(Cl)c1. The van der Waals surface area contributed by atoms with Crippen LogP contribution in [0.5, 0.6) is 0 Å². The Labute approximate surface area is 100 Å². The largest absolute Gasteiger partial charge is 0.374 e. The first kappa shape index (κ1) is 12.6. The van der Waals surface area contributed by atoms with E-state index in [1.165, 1.54) is 0 Å². The van der Waals surface area contributed by atoms with Crippen LogP contribution in [0.25, 0.3) is 0 Å². The molecule has 1 aromatic carbocycles. The highest BCUT2D eigenvalue weighted by Crippen LogP contribution is 2.15. The van der Waals surface area contributed by atoms with Gasteiger partial charge in [-0.2, -0.15) is 0 Å². The highest BCUT2D eigenvalue weighted by atomic mass is 35.5. The molecule has 0 aliphatic rings. The van der Waals surface area contributed by atoms with Crippen molar-refractivity contribution in [3.63, 3.8) is 0 Å². The molecular weight excluding hydrogens is 224 g/mol. The number of carbonyl (C=O) groups excluding carboxylic acids is 1. The zero-order valence-electron chi connectivity index (χ0n) is 9.16. The minimum absolute atomic E-state index is 0.0696. The summed E-state index contributed by atoms with van der Waals surface area (Å²) in [6.45, 7) is 5.80. The molecule has 0 aromatic heterocycles.